The molecule has 0 N–H and O–H groups in total. The second-order valence-corrected chi connectivity index (χ2v) is 8.42. The molecule has 7 nitrogen and oxygen atoms in total. The zero-order chi connectivity index (χ0) is 19.0. The van der Waals surface area contributed by atoms with Crippen LogP contribution in [0.1, 0.15) is 36.1 Å². The first-order valence-electron chi connectivity index (χ1n) is 9.54. The molecule has 2 aliphatic rings. The van der Waals surface area contributed by atoms with Gasteiger partial charge in [0.05, 0.1) is 31.0 Å². The molecule has 0 saturated carbocycles. The molecule has 27 heavy (non-hydrogen) atoms. The van der Waals surface area contributed by atoms with Gasteiger partial charge in [-0.05, 0) is 38.7 Å². The Labute approximate surface area is 161 Å². The molecule has 2 fully saturated rings. The van der Waals surface area contributed by atoms with Crippen LogP contribution in [-0.4, -0.2) is 52.4 Å². The average Bonchev–Trinajstić information content (AvgIpc) is 3.30. The standard InChI is InChI=1S/C19H25N3O4S/c1-12-13(2)27-17-16(12)18(24)21(11-20-17)8-6-15(23)22-7-4-3-5-14(22)19-25-9-10-26-19/h11,14,19H,3-10H2,1-2H3. The first-order chi connectivity index (χ1) is 13.1. The molecule has 1 atom stereocenters. The van der Waals surface area contributed by atoms with E-state index in [0.717, 1.165) is 41.1 Å². The van der Waals surface area contributed by atoms with Crippen LogP contribution in [0, 0.1) is 13.8 Å². The Morgan fingerprint density at radius 2 is 2.07 bits per heavy atom. The molecule has 2 aromatic heterocycles. The van der Waals surface area contributed by atoms with E-state index >= 15 is 0 Å². The summed E-state index contributed by atoms with van der Waals surface area (Å²) in [4.78, 5) is 33.8. The third kappa shape index (κ3) is 3.53. The van der Waals surface area contributed by atoms with E-state index < -0.39 is 0 Å². The minimum atomic E-state index is -0.313. The van der Waals surface area contributed by atoms with E-state index in [1.165, 1.54) is 11.3 Å². The average molecular weight is 391 g/mol. The number of ether oxygens (including phenoxy) is 2. The minimum absolute atomic E-state index is 0.0205. The van der Waals surface area contributed by atoms with E-state index in [-0.39, 0.29) is 30.2 Å². The molecule has 0 spiro atoms. The second kappa shape index (κ2) is 7.69. The number of aromatic nitrogens is 2. The van der Waals surface area contributed by atoms with Crippen molar-refractivity contribution < 1.29 is 14.3 Å². The van der Waals surface area contributed by atoms with Gasteiger partial charge >= 0.3 is 0 Å². The van der Waals surface area contributed by atoms with E-state index in [0.29, 0.717) is 25.1 Å². The molecule has 0 aromatic carbocycles. The summed E-state index contributed by atoms with van der Waals surface area (Å²) in [7, 11) is 0. The van der Waals surface area contributed by atoms with Gasteiger partial charge in [-0.25, -0.2) is 4.98 Å². The Balaban J connectivity index is 1.48. The molecule has 1 unspecified atom stereocenters. The topological polar surface area (TPSA) is 73.7 Å². The number of aryl methyl sites for hydroxylation is 3. The fourth-order valence-electron chi connectivity index (χ4n) is 3.94. The highest BCUT2D eigenvalue weighted by molar-refractivity contribution is 7.18. The lowest BCUT2D eigenvalue weighted by atomic mass is 10.0. The maximum atomic E-state index is 12.9. The van der Waals surface area contributed by atoms with Crippen LogP contribution in [0.3, 0.4) is 0 Å². The summed E-state index contributed by atoms with van der Waals surface area (Å²) in [5.74, 6) is 0.0454. The number of rotatable bonds is 4. The lowest BCUT2D eigenvalue weighted by Crippen LogP contribution is -2.50. The highest BCUT2D eigenvalue weighted by Gasteiger charge is 2.35. The first kappa shape index (κ1) is 18.6. The number of hydrogen-bond donors (Lipinski definition) is 0. The number of likely N-dealkylation sites (tertiary alicyclic amines) is 1. The van der Waals surface area contributed by atoms with Crippen molar-refractivity contribution in [2.24, 2.45) is 0 Å². The van der Waals surface area contributed by atoms with Crippen LogP contribution >= 0.6 is 11.3 Å². The molecule has 1 amide bonds. The fraction of sp³-hybridized carbons (Fsp3) is 0.632. The van der Waals surface area contributed by atoms with Crippen LogP contribution in [0.25, 0.3) is 10.2 Å². The van der Waals surface area contributed by atoms with Crippen LogP contribution in [0.4, 0.5) is 0 Å². The Morgan fingerprint density at radius 3 is 2.85 bits per heavy atom. The Hall–Kier alpha value is -1.77. The van der Waals surface area contributed by atoms with Gasteiger partial charge in [0.15, 0.2) is 6.29 Å². The molecule has 4 heterocycles. The highest BCUT2D eigenvalue weighted by atomic mass is 32.1. The summed E-state index contributed by atoms with van der Waals surface area (Å²) < 4.78 is 12.8. The van der Waals surface area contributed by atoms with Gasteiger partial charge in [0.1, 0.15) is 4.83 Å². The van der Waals surface area contributed by atoms with Gasteiger partial charge in [0.2, 0.25) is 5.91 Å². The molecular weight excluding hydrogens is 366 g/mol. The smallest absolute Gasteiger partial charge is 0.262 e. The minimum Gasteiger partial charge on any atom is -0.348 e. The van der Waals surface area contributed by atoms with Crippen LogP contribution in [0.5, 0.6) is 0 Å². The second-order valence-electron chi connectivity index (χ2n) is 7.22. The van der Waals surface area contributed by atoms with Gasteiger partial charge in [-0.1, -0.05) is 0 Å². The third-order valence-electron chi connectivity index (χ3n) is 5.55. The summed E-state index contributed by atoms with van der Waals surface area (Å²) >= 11 is 1.54. The normalized spacial score (nSPS) is 21.3. The number of carbonyl (C=O) groups is 1. The number of fused-ring (bicyclic) bond motifs is 1. The number of thiophene rings is 1. The van der Waals surface area contributed by atoms with Crippen molar-refractivity contribution in [1.29, 1.82) is 0 Å². The monoisotopic (exact) mass is 391 g/mol. The molecule has 2 aromatic rings. The van der Waals surface area contributed by atoms with Crippen LogP contribution in [-0.2, 0) is 20.8 Å². The number of piperidine rings is 1. The van der Waals surface area contributed by atoms with Gasteiger partial charge in [-0.3, -0.25) is 14.2 Å². The number of amides is 1. The predicted octanol–water partition coefficient (Wildman–Crippen LogP) is 2.22. The summed E-state index contributed by atoms with van der Waals surface area (Å²) in [6.07, 6.45) is 4.50. The van der Waals surface area contributed by atoms with E-state index in [4.69, 9.17) is 9.47 Å². The predicted molar refractivity (Wildman–Crippen MR) is 103 cm³/mol. The molecule has 2 aliphatic heterocycles. The van der Waals surface area contributed by atoms with Gasteiger partial charge in [-0.15, -0.1) is 11.3 Å². The van der Waals surface area contributed by atoms with Crippen molar-refractivity contribution in [3.8, 4) is 0 Å². The number of nitrogens with zero attached hydrogens (tertiary/aromatic N) is 3. The molecule has 4 rings (SSSR count). The number of carbonyl (C=O) groups excluding carboxylic acids is 1. The van der Waals surface area contributed by atoms with Crippen LogP contribution in [0.2, 0.25) is 0 Å². The zero-order valence-corrected chi connectivity index (χ0v) is 16.6. The number of hydrogen-bond acceptors (Lipinski definition) is 6. The summed E-state index contributed by atoms with van der Waals surface area (Å²) in [6, 6.07) is -0.0205. The van der Waals surface area contributed by atoms with Crippen molar-refractivity contribution in [3.63, 3.8) is 0 Å². The van der Waals surface area contributed by atoms with Gasteiger partial charge in [0, 0.05) is 24.4 Å². The molecule has 146 valence electrons. The van der Waals surface area contributed by atoms with Gasteiger partial charge in [-0.2, -0.15) is 0 Å². The summed E-state index contributed by atoms with van der Waals surface area (Å²) in [5, 5.41) is 0.677. The lowest BCUT2D eigenvalue weighted by Gasteiger charge is -2.38. The molecular formula is C19H25N3O4S. The summed E-state index contributed by atoms with van der Waals surface area (Å²) in [5.41, 5.74) is 0.923. The Bertz CT molecular complexity index is 900. The Kier molecular flexibility index (Phi) is 5.29. The molecule has 2 saturated heterocycles. The quantitative estimate of drug-likeness (QED) is 0.799. The van der Waals surface area contributed by atoms with Crippen molar-refractivity contribution in [3.05, 3.63) is 27.1 Å². The SMILES string of the molecule is Cc1sc2ncn(CCC(=O)N3CCCCC3C3OCCO3)c(=O)c2c1C. The van der Waals surface area contributed by atoms with E-state index in [2.05, 4.69) is 4.98 Å². The van der Waals surface area contributed by atoms with Gasteiger partial charge < -0.3 is 14.4 Å². The largest absolute Gasteiger partial charge is 0.348 e. The van der Waals surface area contributed by atoms with E-state index in [1.807, 2.05) is 18.7 Å². The van der Waals surface area contributed by atoms with Crippen molar-refractivity contribution in [2.75, 3.05) is 19.8 Å². The molecule has 0 aliphatic carbocycles. The van der Waals surface area contributed by atoms with Crippen molar-refractivity contribution in [2.45, 2.75) is 58.4 Å². The third-order valence-corrected chi connectivity index (χ3v) is 6.67. The maximum Gasteiger partial charge on any atom is 0.262 e. The van der Waals surface area contributed by atoms with Crippen molar-refractivity contribution in [1.82, 2.24) is 14.5 Å². The highest BCUT2D eigenvalue weighted by Crippen LogP contribution is 2.26. The van der Waals surface area contributed by atoms with Gasteiger partial charge in [0.25, 0.3) is 5.56 Å². The lowest BCUT2D eigenvalue weighted by molar-refractivity contribution is -0.150. The van der Waals surface area contributed by atoms with E-state index in [9.17, 15) is 9.59 Å². The fourth-order valence-corrected chi connectivity index (χ4v) is 4.93. The van der Waals surface area contributed by atoms with Crippen LogP contribution < -0.4 is 5.56 Å². The maximum absolute atomic E-state index is 12.9. The molecule has 0 radical (unpaired) electrons. The van der Waals surface area contributed by atoms with E-state index in [1.54, 1.807) is 10.9 Å². The Morgan fingerprint density at radius 1 is 1.30 bits per heavy atom. The summed E-state index contributed by atoms with van der Waals surface area (Å²) in [6.45, 7) is 6.19. The van der Waals surface area contributed by atoms with Crippen LogP contribution in [0.15, 0.2) is 11.1 Å². The zero-order valence-electron chi connectivity index (χ0n) is 15.8. The molecule has 0 bridgehead atoms. The first-order valence-corrected chi connectivity index (χ1v) is 10.4. The van der Waals surface area contributed by atoms with Crippen molar-refractivity contribution >= 4 is 27.5 Å². The molecule has 8 heteroatoms.